The van der Waals surface area contributed by atoms with Gasteiger partial charge in [0, 0.05) is 22.5 Å². The fourth-order valence-electron chi connectivity index (χ4n) is 1.69. The van der Waals surface area contributed by atoms with Gasteiger partial charge in [-0.1, -0.05) is 24.3 Å². The second-order valence-electron chi connectivity index (χ2n) is 5.58. The molecule has 0 spiro atoms. The molecule has 0 aliphatic rings. The minimum atomic E-state index is 0. The molecule has 1 heterocycles. The average Bonchev–Trinajstić information content (AvgIpc) is 2.87. The highest BCUT2D eigenvalue weighted by molar-refractivity contribution is 7.09. The Balaban J connectivity index is 0.00000200. The third-order valence-corrected chi connectivity index (χ3v) is 3.58. The fourth-order valence-corrected chi connectivity index (χ4v) is 2.31. The van der Waals surface area contributed by atoms with E-state index in [0.717, 1.165) is 12.3 Å². The van der Waals surface area contributed by atoms with E-state index in [1.165, 1.54) is 10.4 Å². The predicted molar refractivity (Wildman–Crippen MR) is 88.9 cm³/mol. The van der Waals surface area contributed by atoms with Gasteiger partial charge in [-0.15, -0.1) is 23.7 Å². The van der Waals surface area contributed by atoms with Crippen LogP contribution in [0.15, 0.2) is 41.8 Å². The summed E-state index contributed by atoms with van der Waals surface area (Å²) in [7, 11) is 0. The Bertz CT molecular complexity index is 505. The number of para-hydroxylation sites is 1. The van der Waals surface area contributed by atoms with Gasteiger partial charge in [0.1, 0.15) is 12.4 Å². The van der Waals surface area contributed by atoms with Crippen LogP contribution in [0.25, 0.3) is 0 Å². The number of thiophene rings is 1. The molecule has 0 unspecified atom stereocenters. The standard InChI is InChI=1S/C16H21NOS.ClH/c1-16(2,3)17-11-13-7-4-5-9-15(13)18-12-14-8-6-10-19-14;/h4-10,17H,11-12H2,1-3H3;1H. The Morgan fingerprint density at radius 2 is 1.85 bits per heavy atom. The predicted octanol–water partition coefficient (Wildman–Crippen LogP) is 4.64. The van der Waals surface area contributed by atoms with Crippen LogP contribution in [0, 0.1) is 0 Å². The molecule has 2 nitrogen and oxygen atoms in total. The number of rotatable bonds is 5. The van der Waals surface area contributed by atoms with Gasteiger partial charge in [0.2, 0.25) is 0 Å². The maximum Gasteiger partial charge on any atom is 0.124 e. The number of benzene rings is 1. The van der Waals surface area contributed by atoms with E-state index >= 15 is 0 Å². The third kappa shape index (κ3) is 5.53. The Morgan fingerprint density at radius 1 is 1.10 bits per heavy atom. The molecule has 0 bridgehead atoms. The van der Waals surface area contributed by atoms with Crippen molar-refractivity contribution < 1.29 is 4.74 Å². The molecule has 0 saturated carbocycles. The number of ether oxygens (including phenoxy) is 1. The van der Waals surface area contributed by atoms with Crippen LogP contribution in [0.5, 0.6) is 5.75 Å². The van der Waals surface area contributed by atoms with E-state index in [4.69, 9.17) is 4.74 Å². The summed E-state index contributed by atoms with van der Waals surface area (Å²) < 4.78 is 5.92. The molecule has 0 radical (unpaired) electrons. The van der Waals surface area contributed by atoms with Crippen molar-refractivity contribution in [3.05, 3.63) is 52.2 Å². The normalized spacial score (nSPS) is 10.9. The van der Waals surface area contributed by atoms with Crippen LogP contribution < -0.4 is 10.1 Å². The molecule has 2 aromatic rings. The summed E-state index contributed by atoms with van der Waals surface area (Å²) in [5.41, 5.74) is 1.31. The molecular formula is C16H22ClNOS. The van der Waals surface area contributed by atoms with Gasteiger partial charge in [0.15, 0.2) is 0 Å². The fraction of sp³-hybridized carbons (Fsp3) is 0.375. The van der Waals surface area contributed by atoms with Crippen LogP contribution in [-0.2, 0) is 13.2 Å². The van der Waals surface area contributed by atoms with Crippen molar-refractivity contribution in [2.45, 2.75) is 39.5 Å². The van der Waals surface area contributed by atoms with Crippen molar-refractivity contribution in [1.82, 2.24) is 5.32 Å². The lowest BCUT2D eigenvalue weighted by Crippen LogP contribution is -2.35. The average molecular weight is 312 g/mol. The first-order valence-electron chi connectivity index (χ1n) is 6.53. The van der Waals surface area contributed by atoms with E-state index in [2.05, 4.69) is 55.7 Å². The van der Waals surface area contributed by atoms with E-state index in [1.54, 1.807) is 11.3 Å². The van der Waals surface area contributed by atoms with Gasteiger partial charge in [-0.25, -0.2) is 0 Å². The zero-order valence-electron chi connectivity index (χ0n) is 12.2. The molecule has 0 aliphatic carbocycles. The first-order valence-corrected chi connectivity index (χ1v) is 7.41. The minimum absolute atomic E-state index is 0. The molecule has 20 heavy (non-hydrogen) atoms. The lowest BCUT2D eigenvalue weighted by atomic mass is 10.1. The Kier molecular flexibility index (Phi) is 6.53. The number of hydrogen-bond acceptors (Lipinski definition) is 3. The summed E-state index contributed by atoms with van der Waals surface area (Å²) in [5.74, 6) is 0.965. The second kappa shape index (κ2) is 7.67. The molecule has 1 aromatic heterocycles. The zero-order chi connectivity index (χ0) is 13.7. The quantitative estimate of drug-likeness (QED) is 0.868. The van der Waals surface area contributed by atoms with Crippen LogP contribution >= 0.6 is 23.7 Å². The number of halogens is 1. The van der Waals surface area contributed by atoms with Crippen molar-refractivity contribution in [1.29, 1.82) is 0 Å². The third-order valence-electron chi connectivity index (χ3n) is 2.73. The van der Waals surface area contributed by atoms with Crippen molar-refractivity contribution in [3.63, 3.8) is 0 Å². The van der Waals surface area contributed by atoms with Crippen LogP contribution in [0.3, 0.4) is 0 Å². The number of nitrogens with one attached hydrogen (secondary N) is 1. The second-order valence-corrected chi connectivity index (χ2v) is 6.61. The van der Waals surface area contributed by atoms with Gasteiger partial charge in [0.05, 0.1) is 0 Å². The lowest BCUT2D eigenvalue weighted by molar-refractivity contribution is 0.303. The molecule has 2 rings (SSSR count). The molecule has 0 aliphatic heterocycles. The van der Waals surface area contributed by atoms with Gasteiger partial charge in [0.25, 0.3) is 0 Å². The maximum absolute atomic E-state index is 5.92. The first-order chi connectivity index (χ1) is 9.04. The van der Waals surface area contributed by atoms with Crippen molar-refractivity contribution in [2.75, 3.05) is 0 Å². The van der Waals surface area contributed by atoms with Crippen molar-refractivity contribution in [3.8, 4) is 5.75 Å². The molecule has 0 saturated heterocycles. The molecule has 0 amide bonds. The van der Waals surface area contributed by atoms with Crippen LogP contribution in [0.2, 0.25) is 0 Å². The van der Waals surface area contributed by atoms with E-state index in [9.17, 15) is 0 Å². The first kappa shape index (κ1) is 17.0. The van der Waals surface area contributed by atoms with E-state index in [-0.39, 0.29) is 17.9 Å². The minimum Gasteiger partial charge on any atom is -0.488 e. The van der Waals surface area contributed by atoms with Crippen LogP contribution in [0.4, 0.5) is 0 Å². The summed E-state index contributed by atoms with van der Waals surface area (Å²) in [4.78, 5) is 1.25. The van der Waals surface area contributed by atoms with Gasteiger partial charge in [-0.05, 0) is 38.3 Å². The van der Waals surface area contributed by atoms with Gasteiger partial charge in [-0.3, -0.25) is 0 Å². The van der Waals surface area contributed by atoms with Crippen molar-refractivity contribution >= 4 is 23.7 Å². The molecular weight excluding hydrogens is 290 g/mol. The number of hydrogen-bond donors (Lipinski definition) is 1. The summed E-state index contributed by atoms with van der Waals surface area (Å²) in [6.07, 6.45) is 0. The van der Waals surface area contributed by atoms with Crippen LogP contribution in [-0.4, -0.2) is 5.54 Å². The Morgan fingerprint density at radius 3 is 2.50 bits per heavy atom. The molecule has 1 N–H and O–H groups in total. The van der Waals surface area contributed by atoms with Crippen LogP contribution in [0.1, 0.15) is 31.2 Å². The van der Waals surface area contributed by atoms with Gasteiger partial charge < -0.3 is 10.1 Å². The Labute approximate surface area is 131 Å². The summed E-state index contributed by atoms with van der Waals surface area (Å²) in [6, 6.07) is 12.4. The molecule has 0 fully saturated rings. The zero-order valence-corrected chi connectivity index (χ0v) is 13.8. The Hall–Kier alpha value is -1.03. The van der Waals surface area contributed by atoms with Gasteiger partial charge >= 0.3 is 0 Å². The molecule has 0 atom stereocenters. The van der Waals surface area contributed by atoms with Gasteiger partial charge in [-0.2, -0.15) is 0 Å². The van der Waals surface area contributed by atoms with Crippen molar-refractivity contribution in [2.24, 2.45) is 0 Å². The highest BCUT2D eigenvalue weighted by Gasteiger charge is 2.10. The lowest BCUT2D eigenvalue weighted by Gasteiger charge is -2.21. The largest absolute Gasteiger partial charge is 0.488 e. The maximum atomic E-state index is 5.92. The molecule has 4 heteroatoms. The van der Waals surface area contributed by atoms with E-state index in [1.807, 2.05) is 12.1 Å². The summed E-state index contributed by atoms with van der Waals surface area (Å²) >= 11 is 1.73. The van der Waals surface area contributed by atoms with E-state index in [0.29, 0.717) is 6.61 Å². The SMILES string of the molecule is CC(C)(C)NCc1ccccc1OCc1cccs1.Cl. The smallest absolute Gasteiger partial charge is 0.124 e. The highest BCUT2D eigenvalue weighted by Crippen LogP contribution is 2.21. The topological polar surface area (TPSA) is 21.3 Å². The molecule has 110 valence electrons. The van der Waals surface area contributed by atoms with E-state index < -0.39 is 0 Å². The monoisotopic (exact) mass is 311 g/mol. The summed E-state index contributed by atoms with van der Waals surface area (Å²) in [5, 5.41) is 5.57. The summed E-state index contributed by atoms with van der Waals surface area (Å²) in [6.45, 7) is 7.97. The highest BCUT2D eigenvalue weighted by atomic mass is 35.5. The molecule has 1 aromatic carbocycles.